The molecule has 158 valence electrons. The molecule has 0 spiro atoms. The van der Waals surface area contributed by atoms with Gasteiger partial charge in [-0.3, -0.25) is 4.79 Å². The molecule has 0 radical (unpaired) electrons. The Morgan fingerprint density at radius 3 is 2.17 bits per heavy atom. The lowest BCUT2D eigenvalue weighted by molar-refractivity contribution is -0.182. The van der Waals surface area contributed by atoms with Gasteiger partial charge in [0.25, 0.3) is 0 Å². The van der Waals surface area contributed by atoms with E-state index < -0.39 is 29.0 Å². The van der Waals surface area contributed by atoms with E-state index in [9.17, 15) is 14.4 Å². The molecule has 3 rings (SSSR count). The summed E-state index contributed by atoms with van der Waals surface area (Å²) < 4.78 is 5.62. The fourth-order valence-corrected chi connectivity index (χ4v) is 3.62. The van der Waals surface area contributed by atoms with Crippen LogP contribution < -0.4 is 5.32 Å². The Bertz CT molecular complexity index is 921. The Labute approximate surface area is 177 Å². The van der Waals surface area contributed by atoms with Crippen molar-refractivity contribution >= 4 is 17.9 Å². The van der Waals surface area contributed by atoms with Crippen LogP contribution in [0.1, 0.15) is 51.3 Å². The van der Waals surface area contributed by atoms with E-state index in [4.69, 9.17) is 4.74 Å². The molecule has 0 aromatic heterocycles. The molecule has 6 nitrogen and oxygen atoms in total. The minimum absolute atomic E-state index is 0.0655. The molecule has 1 fully saturated rings. The smallest absolute Gasteiger partial charge is 0.334 e. The zero-order valence-electron chi connectivity index (χ0n) is 17.8. The molecular weight excluding hydrogens is 380 g/mol. The average molecular weight is 408 g/mol. The van der Waals surface area contributed by atoms with Crippen LogP contribution in [-0.2, 0) is 20.7 Å². The van der Waals surface area contributed by atoms with Crippen LogP contribution in [0.25, 0.3) is 0 Å². The summed E-state index contributed by atoms with van der Waals surface area (Å²) in [6.45, 7) is 7.14. The number of amides is 3. The highest BCUT2D eigenvalue weighted by Gasteiger charge is 2.61. The molecule has 1 aliphatic rings. The quantitative estimate of drug-likeness (QED) is 0.599. The van der Waals surface area contributed by atoms with Crippen LogP contribution in [0.5, 0.6) is 0 Å². The van der Waals surface area contributed by atoms with Crippen LogP contribution in [-0.4, -0.2) is 33.9 Å². The molecule has 2 aromatic rings. The second-order valence-corrected chi connectivity index (χ2v) is 8.68. The van der Waals surface area contributed by atoms with Crippen molar-refractivity contribution in [2.45, 2.75) is 57.7 Å². The topological polar surface area (TPSA) is 75.7 Å². The van der Waals surface area contributed by atoms with E-state index in [2.05, 4.69) is 5.32 Å². The van der Waals surface area contributed by atoms with Gasteiger partial charge in [0, 0.05) is 6.42 Å². The molecule has 0 bridgehead atoms. The second-order valence-electron chi connectivity index (χ2n) is 8.68. The lowest BCUT2D eigenvalue weighted by Crippen LogP contribution is -2.73. The van der Waals surface area contributed by atoms with Crippen molar-refractivity contribution in [2.75, 3.05) is 0 Å². The summed E-state index contributed by atoms with van der Waals surface area (Å²) in [6, 6.07) is 17.9. The third-order valence-corrected chi connectivity index (χ3v) is 5.08. The van der Waals surface area contributed by atoms with Gasteiger partial charge in [-0.15, -0.1) is 0 Å². The van der Waals surface area contributed by atoms with Crippen molar-refractivity contribution in [1.29, 1.82) is 0 Å². The van der Waals surface area contributed by atoms with Crippen molar-refractivity contribution in [3.8, 4) is 0 Å². The second kappa shape index (κ2) is 8.30. The predicted molar refractivity (Wildman–Crippen MR) is 114 cm³/mol. The normalized spacial score (nSPS) is 19.6. The third kappa shape index (κ3) is 4.53. The summed E-state index contributed by atoms with van der Waals surface area (Å²) in [7, 11) is 0. The van der Waals surface area contributed by atoms with Crippen LogP contribution in [0.3, 0.4) is 0 Å². The highest BCUT2D eigenvalue weighted by molar-refractivity contribution is 6.09. The Hall–Kier alpha value is -3.15. The molecular formula is C24H28N2O4. The number of rotatable bonds is 5. The average Bonchev–Trinajstić information content (AvgIpc) is 2.67. The summed E-state index contributed by atoms with van der Waals surface area (Å²) in [4.78, 5) is 39.8. The summed E-state index contributed by atoms with van der Waals surface area (Å²) >= 11 is 0. The first kappa shape index (κ1) is 21.6. The van der Waals surface area contributed by atoms with Crippen molar-refractivity contribution in [1.82, 2.24) is 10.2 Å². The lowest BCUT2D eigenvalue weighted by atomic mass is 9.78. The first-order valence-corrected chi connectivity index (χ1v) is 10.1. The minimum atomic E-state index is -1.35. The number of β-lactam (4-membered cyclic amide) rings is 1. The maximum atomic E-state index is 13.2. The Kier molecular flexibility index (Phi) is 5.97. The highest BCUT2D eigenvalue weighted by atomic mass is 16.6. The van der Waals surface area contributed by atoms with E-state index in [0.29, 0.717) is 0 Å². The fourth-order valence-electron chi connectivity index (χ4n) is 3.62. The number of hydrogen-bond donors (Lipinski definition) is 1. The highest BCUT2D eigenvalue weighted by Crippen LogP contribution is 2.38. The number of esters is 1. The number of carbonyl (C=O) groups is 3. The number of hydrogen-bond acceptors (Lipinski definition) is 4. The number of urea groups is 1. The zero-order chi connectivity index (χ0) is 21.9. The molecule has 1 heterocycles. The van der Waals surface area contributed by atoms with Crippen LogP contribution >= 0.6 is 0 Å². The first-order chi connectivity index (χ1) is 14.1. The number of nitrogens with one attached hydrogen (secondary N) is 1. The molecule has 0 unspecified atom stereocenters. The van der Waals surface area contributed by atoms with Crippen molar-refractivity contribution in [3.05, 3.63) is 71.8 Å². The Balaban J connectivity index is 1.88. The van der Waals surface area contributed by atoms with Gasteiger partial charge >= 0.3 is 12.0 Å². The maximum absolute atomic E-state index is 13.2. The number of nitrogens with zero attached hydrogens (tertiary/aromatic N) is 1. The molecule has 1 saturated heterocycles. The molecule has 30 heavy (non-hydrogen) atoms. The molecule has 2 atom stereocenters. The van der Waals surface area contributed by atoms with Gasteiger partial charge in [0.15, 0.2) is 5.54 Å². The zero-order valence-corrected chi connectivity index (χ0v) is 17.8. The Morgan fingerprint density at radius 2 is 1.63 bits per heavy atom. The molecule has 1 N–H and O–H groups in total. The summed E-state index contributed by atoms with van der Waals surface area (Å²) in [6.07, 6.45) is 0.144. The number of carbonyl (C=O) groups excluding carboxylic acids is 3. The van der Waals surface area contributed by atoms with E-state index in [-0.39, 0.29) is 18.9 Å². The summed E-state index contributed by atoms with van der Waals surface area (Å²) in [5, 5.41) is 2.85. The van der Waals surface area contributed by atoms with Gasteiger partial charge in [-0.2, -0.15) is 0 Å². The lowest BCUT2D eigenvalue weighted by Gasteiger charge is -2.49. The van der Waals surface area contributed by atoms with Crippen LogP contribution in [0.4, 0.5) is 4.79 Å². The monoisotopic (exact) mass is 408 g/mol. The molecule has 0 aliphatic carbocycles. The molecule has 1 aliphatic heterocycles. The number of benzene rings is 2. The van der Waals surface area contributed by atoms with Crippen molar-refractivity contribution in [3.63, 3.8) is 0 Å². The van der Waals surface area contributed by atoms with E-state index in [1.807, 2.05) is 67.6 Å². The van der Waals surface area contributed by atoms with E-state index in [0.717, 1.165) is 16.0 Å². The van der Waals surface area contributed by atoms with E-state index in [1.165, 1.54) is 0 Å². The van der Waals surface area contributed by atoms with Crippen LogP contribution in [0, 0.1) is 0 Å². The van der Waals surface area contributed by atoms with Gasteiger partial charge in [0.05, 0.1) is 12.5 Å². The SMILES string of the molecule is C[C@H](NC(=O)N1C(=O)C[C@@]1(Cc1ccccc1)C(=O)OC(C)(C)C)c1ccccc1. The van der Waals surface area contributed by atoms with E-state index >= 15 is 0 Å². The number of likely N-dealkylation sites (tertiary alicyclic amines) is 1. The van der Waals surface area contributed by atoms with Gasteiger partial charge < -0.3 is 10.1 Å². The first-order valence-electron chi connectivity index (χ1n) is 10.1. The fraction of sp³-hybridized carbons (Fsp3) is 0.375. The van der Waals surface area contributed by atoms with Gasteiger partial charge in [0.1, 0.15) is 5.60 Å². The largest absolute Gasteiger partial charge is 0.458 e. The molecule has 0 saturated carbocycles. The van der Waals surface area contributed by atoms with Crippen molar-refractivity contribution < 1.29 is 19.1 Å². The molecule has 2 aromatic carbocycles. The van der Waals surface area contributed by atoms with Gasteiger partial charge in [-0.1, -0.05) is 60.7 Å². The standard InChI is InChI=1S/C24H28N2O4/c1-17(19-13-9-6-10-14-19)25-22(29)26-20(27)16-24(26,21(28)30-23(2,3)4)15-18-11-7-5-8-12-18/h5-14,17H,15-16H2,1-4H3,(H,25,29)/t17-,24-/m0/s1. The summed E-state index contributed by atoms with van der Waals surface area (Å²) in [5.74, 6) is -0.962. The van der Waals surface area contributed by atoms with E-state index in [1.54, 1.807) is 20.8 Å². The molecule has 3 amide bonds. The van der Waals surface area contributed by atoms with Gasteiger partial charge in [-0.25, -0.2) is 14.5 Å². The minimum Gasteiger partial charge on any atom is -0.458 e. The third-order valence-electron chi connectivity index (χ3n) is 5.08. The van der Waals surface area contributed by atoms with Gasteiger partial charge in [-0.05, 0) is 38.8 Å². The predicted octanol–water partition coefficient (Wildman–Crippen LogP) is 4.01. The maximum Gasteiger partial charge on any atom is 0.334 e. The number of ether oxygens (including phenoxy) is 1. The molecule has 6 heteroatoms. The van der Waals surface area contributed by atoms with Gasteiger partial charge in [0.2, 0.25) is 5.91 Å². The van der Waals surface area contributed by atoms with Crippen molar-refractivity contribution in [2.24, 2.45) is 0 Å². The Morgan fingerprint density at radius 1 is 1.07 bits per heavy atom. The van der Waals surface area contributed by atoms with Crippen LogP contribution in [0.2, 0.25) is 0 Å². The number of imide groups is 1. The van der Waals surface area contributed by atoms with Crippen LogP contribution in [0.15, 0.2) is 60.7 Å². The summed E-state index contributed by atoms with van der Waals surface area (Å²) in [5.41, 5.74) is -0.333.